The van der Waals surface area contributed by atoms with Crippen LogP contribution >= 0.6 is 11.8 Å². The number of primary amides is 1. The van der Waals surface area contributed by atoms with Crippen LogP contribution in [0.1, 0.15) is 33.1 Å². The fourth-order valence-corrected chi connectivity index (χ4v) is 5.31. The molecule has 1 aliphatic rings. The number of thioether (sulfide) groups is 1. The van der Waals surface area contributed by atoms with E-state index in [2.05, 4.69) is 26.6 Å². The van der Waals surface area contributed by atoms with Crippen molar-refractivity contribution in [3.05, 3.63) is 0 Å². The fourth-order valence-electron chi connectivity index (χ4n) is 3.30. The molecule has 13 nitrogen and oxygen atoms in total. The second-order valence-corrected chi connectivity index (χ2v) is 10.3. The summed E-state index contributed by atoms with van der Waals surface area (Å²) in [6, 6.07) is -4.68. The molecule has 1 saturated heterocycles. The molecule has 0 saturated carbocycles. The Morgan fingerprint density at radius 1 is 1.11 bits per heavy atom. The molecule has 0 aromatic carbocycles. The number of rotatable bonds is 7. The topological polar surface area (TPSA) is 212 Å². The van der Waals surface area contributed by atoms with Crippen LogP contribution in [0, 0.1) is 0 Å². The van der Waals surface area contributed by atoms with Crippen molar-refractivity contribution in [2.45, 2.75) is 68.6 Å². The molecular weight excluding hydrogens is 564 g/mol. The molecule has 0 spiro atoms. The zero-order valence-corrected chi connectivity index (χ0v) is 22.7. The quantitative estimate of drug-likeness (QED) is 0.136. The first kappa shape index (κ1) is 31.2. The second kappa shape index (κ2) is 15.3. The van der Waals surface area contributed by atoms with E-state index in [4.69, 9.17) is 5.73 Å². The van der Waals surface area contributed by atoms with Gasteiger partial charge < -0.3 is 0 Å². The van der Waals surface area contributed by atoms with E-state index >= 15 is 0 Å². The van der Waals surface area contributed by atoms with Gasteiger partial charge in [0.05, 0.1) is 0 Å². The summed E-state index contributed by atoms with van der Waals surface area (Å²) in [5.41, 5.74) is 5.36. The minimum atomic E-state index is -1.33. The fraction of sp³-hybridized carbons (Fsp3) is 0.700. The summed E-state index contributed by atoms with van der Waals surface area (Å²) in [6.45, 7) is 2.59. The summed E-state index contributed by atoms with van der Waals surface area (Å²) in [5, 5.41) is 32.0. The predicted octanol–water partition coefficient (Wildman–Crippen LogP) is -3.45. The van der Waals surface area contributed by atoms with Gasteiger partial charge in [0, 0.05) is 0 Å². The Kier molecular flexibility index (Phi) is 13.6. The first-order valence-electron chi connectivity index (χ1n) is 11.1. The van der Waals surface area contributed by atoms with Gasteiger partial charge in [0.2, 0.25) is 0 Å². The van der Waals surface area contributed by atoms with E-state index < -0.39 is 71.7 Å². The molecule has 6 atom stereocenters. The number of carboxylic acids is 1. The number of carboxylic acid groups (broad SMARTS) is 1. The maximum atomic E-state index is 12.8. The Bertz CT molecular complexity index is 817. The van der Waals surface area contributed by atoms with Gasteiger partial charge in [-0.3, -0.25) is 0 Å². The molecular formula is C20H34MoN6O7S. The van der Waals surface area contributed by atoms with Gasteiger partial charge in [0.1, 0.15) is 0 Å². The molecule has 15 heteroatoms. The van der Waals surface area contributed by atoms with E-state index in [1.807, 2.05) is 6.92 Å². The van der Waals surface area contributed by atoms with Crippen LogP contribution < -0.4 is 32.3 Å². The van der Waals surface area contributed by atoms with E-state index in [-0.39, 0.29) is 12.2 Å². The number of hydrogen-bond donors (Lipinski definition) is 8. The molecule has 4 amide bonds. The summed E-state index contributed by atoms with van der Waals surface area (Å²) >= 11 is 2.57. The van der Waals surface area contributed by atoms with E-state index in [0.29, 0.717) is 16.9 Å². The van der Waals surface area contributed by atoms with Gasteiger partial charge in [-0.25, -0.2) is 0 Å². The van der Waals surface area contributed by atoms with E-state index in [9.17, 15) is 34.2 Å². The summed E-state index contributed by atoms with van der Waals surface area (Å²) in [6.07, 6.45) is 0.880. The number of nitrogens with one attached hydrogen (secondary N) is 5. The standard InChI is InChI=1S/C20H34N6O7S.Mo/c1-4-5-12-16(20(32)33)34-9-14(22-3)19(31)26-13(8-27)18(30)24-10(2)17(29)25-11(7-23-12)6-15(21)28;/h10-14,16,22-23,27H,4-6,8-9H2,1-3H3,(H2,21,28)(H,24,30)(H,25,29)(H,26,31)(H,32,33);/t10-,11-,12?,13?,14-,16?;/m0./s1. The summed E-state index contributed by atoms with van der Waals surface area (Å²) in [5.74, 6) is -3.73. The number of aliphatic hydroxyl groups excluding tert-OH is 1. The normalized spacial score (nSPS) is 29.6. The van der Waals surface area contributed by atoms with Crippen molar-refractivity contribution < 1.29 is 53.5 Å². The first-order chi connectivity index (χ1) is 16.4. The Morgan fingerprint density at radius 3 is 2.26 bits per heavy atom. The van der Waals surface area contributed by atoms with Crippen molar-refractivity contribution in [3.8, 4) is 0 Å². The van der Waals surface area contributed by atoms with Crippen molar-refractivity contribution in [1.82, 2.24) is 26.6 Å². The van der Waals surface area contributed by atoms with Crippen LogP contribution in [0.2, 0.25) is 0 Å². The molecule has 1 aliphatic heterocycles. The van der Waals surface area contributed by atoms with Crippen LogP contribution in [0.15, 0.2) is 0 Å². The Morgan fingerprint density at radius 2 is 1.74 bits per heavy atom. The summed E-state index contributed by atoms with van der Waals surface area (Å²) in [4.78, 5) is 61.8. The molecule has 0 aliphatic carbocycles. The zero-order chi connectivity index (χ0) is 26.7. The Balaban J connectivity index is 3.39. The van der Waals surface area contributed by atoms with E-state index in [1.165, 1.54) is 33.3 Å². The molecule has 35 heavy (non-hydrogen) atoms. The second-order valence-electron chi connectivity index (χ2n) is 8.04. The maximum absolute atomic E-state index is 12.8. The van der Waals surface area contributed by atoms with Gasteiger partial charge in [0.25, 0.3) is 0 Å². The average Bonchev–Trinajstić information content (AvgIpc) is 2.78. The molecule has 1 heterocycles. The Hall–Kier alpha value is -1.86. The van der Waals surface area contributed by atoms with Crippen molar-refractivity contribution in [3.63, 3.8) is 0 Å². The van der Waals surface area contributed by atoms with Crippen molar-refractivity contribution in [2.24, 2.45) is 5.73 Å². The molecule has 9 N–H and O–H groups in total. The summed E-state index contributed by atoms with van der Waals surface area (Å²) in [7, 11) is 1.52. The van der Waals surface area contributed by atoms with Gasteiger partial charge in [-0.1, -0.05) is 0 Å². The number of amides is 4. The van der Waals surface area contributed by atoms with Gasteiger partial charge in [0.15, 0.2) is 0 Å². The zero-order valence-electron chi connectivity index (χ0n) is 19.8. The number of likely N-dealkylation sites (N-methyl/N-ethyl adjacent to an activating group) is 1. The third-order valence-electron chi connectivity index (χ3n) is 5.25. The molecule has 1 rings (SSSR count). The number of carbonyl (C=O) groups excluding carboxylic acids is 4. The average molecular weight is 599 g/mol. The van der Waals surface area contributed by atoms with Crippen LogP contribution in [-0.2, 0) is 43.3 Å². The van der Waals surface area contributed by atoms with Crippen LogP contribution in [0.25, 0.3) is 0 Å². The molecule has 0 radical (unpaired) electrons. The number of aliphatic carboxylic acids is 1. The molecule has 198 valence electrons. The molecule has 1 fully saturated rings. The predicted molar refractivity (Wildman–Crippen MR) is 126 cm³/mol. The van der Waals surface area contributed by atoms with Crippen molar-refractivity contribution in [2.75, 3.05) is 19.4 Å². The number of nitrogens with two attached hydrogens (primary N) is 1. The number of aliphatic hydroxyl groups is 1. The molecule has 0 bridgehead atoms. The van der Waals surface area contributed by atoms with Gasteiger partial charge in [-0.15, -0.1) is 0 Å². The minimum absolute atomic E-state index is 0.0681. The molecule has 3 unspecified atom stereocenters. The number of hydrogen-bond acceptors (Lipinski definition) is 9. The van der Waals surface area contributed by atoms with Gasteiger partial charge >= 0.3 is 219 Å². The van der Waals surface area contributed by atoms with Crippen LogP contribution in [-0.4, -0.2) is 98.7 Å². The molecule has 0 aromatic heterocycles. The van der Waals surface area contributed by atoms with Crippen molar-refractivity contribution >= 4 is 45.4 Å². The van der Waals surface area contributed by atoms with Crippen LogP contribution in [0.3, 0.4) is 0 Å². The molecule has 0 aromatic rings. The van der Waals surface area contributed by atoms with Crippen molar-refractivity contribution in [1.29, 1.82) is 0 Å². The monoisotopic (exact) mass is 600 g/mol. The number of carbonyl (C=O) groups is 5. The van der Waals surface area contributed by atoms with E-state index in [0.717, 1.165) is 11.8 Å². The summed E-state index contributed by atoms with van der Waals surface area (Å²) < 4.78 is 0.444. The van der Waals surface area contributed by atoms with E-state index in [1.54, 1.807) is 0 Å². The third-order valence-corrected chi connectivity index (χ3v) is 7.65. The first-order valence-corrected chi connectivity index (χ1v) is 13.1. The Labute approximate surface area is 218 Å². The SMILES string of the molecule is CCCC1N[C](=[Mo])[C@H](CC(N)=O)NC(=O)[C@H](C)NC(=O)C(CO)NC(=O)[C@@H](NC)CSC1C(=O)O. The van der Waals surface area contributed by atoms with Gasteiger partial charge in [-0.2, -0.15) is 0 Å². The van der Waals surface area contributed by atoms with Crippen LogP contribution in [0.4, 0.5) is 0 Å². The third kappa shape index (κ3) is 9.96. The van der Waals surface area contributed by atoms with Gasteiger partial charge in [-0.05, 0) is 0 Å². The van der Waals surface area contributed by atoms with Crippen LogP contribution in [0.5, 0.6) is 0 Å².